The van der Waals surface area contributed by atoms with Gasteiger partial charge < -0.3 is 19.8 Å². The van der Waals surface area contributed by atoms with Gasteiger partial charge in [0.2, 0.25) is 0 Å². The van der Waals surface area contributed by atoms with Crippen LogP contribution in [-0.2, 0) is 21.4 Å². The molecule has 9 nitrogen and oxygen atoms in total. The molecular weight excluding hydrogens is 514 g/mol. The van der Waals surface area contributed by atoms with Gasteiger partial charge in [-0.15, -0.1) is 22.7 Å². The van der Waals surface area contributed by atoms with E-state index >= 15 is 0 Å². The Kier molecular flexibility index (Phi) is 7.13. The number of carboxylic acids is 2. The van der Waals surface area contributed by atoms with Crippen molar-refractivity contribution in [1.82, 2.24) is 14.9 Å². The molecule has 0 bridgehead atoms. The third kappa shape index (κ3) is 4.85. The molecule has 11 heteroatoms. The number of methoxy groups -OCH3 is 1. The van der Waals surface area contributed by atoms with E-state index in [0.717, 1.165) is 10.4 Å². The smallest absolute Gasteiger partial charge is 0.330 e. The third-order valence-electron chi connectivity index (χ3n) is 6.72. The van der Waals surface area contributed by atoms with Gasteiger partial charge in [-0.05, 0) is 36.5 Å². The minimum absolute atomic E-state index is 0.126. The van der Waals surface area contributed by atoms with Gasteiger partial charge in [0.15, 0.2) is 0 Å². The van der Waals surface area contributed by atoms with Crippen molar-refractivity contribution in [3.05, 3.63) is 62.0 Å². The number of likely N-dealkylation sites (tertiary alicyclic amines) is 1. The quantitative estimate of drug-likeness (QED) is 0.443. The van der Waals surface area contributed by atoms with Crippen LogP contribution in [-0.4, -0.2) is 55.6 Å². The first-order valence-electron chi connectivity index (χ1n) is 11.7. The fraction of sp³-hybridized carbons (Fsp3) is 0.423. The van der Waals surface area contributed by atoms with E-state index in [1.807, 2.05) is 27.7 Å². The van der Waals surface area contributed by atoms with Crippen molar-refractivity contribution in [1.29, 1.82) is 0 Å². The zero-order chi connectivity index (χ0) is 27.1. The number of thiazole rings is 2. The molecule has 0 radical (unpaired) electrons. The van der Waals surface area contributed by atoms with Crippen LogP contribution in [0.25, 0.3) is 0 Å². The van der Waals surface area contributed by atoms with E-state index in [1.54, 1.807) is 35.3 Å². The highest BCUT2D eigenvalue weighted by Crippen LogP contribution is 2.50. The number of nitrogens with zero attached hydrogens (tertiary/aromatic N) is 3. The van der Waals surface area contributed by atoms with Gasteiger partial charge in [0.05, 0.1) is 30.3 Å². The summed E-state index contributed by atoms with van der Waals surface area (Å²) in [7, 11) is 1.51. The molecule has 1 aliphatic rings. The van der Waals surface area contributed by atoms with Crippen molar-refractivity contribution >= 4 is 40.5 Å². The molecule has 3 aromatic rings. The van der Waals surface area contributed by atoms with Gasteiger partial charge >= 0.3 is 11.9 Å². The van der Waals surface area contributed by atoms with Gasteiger partial charge in [-0.2, -0.15) is 0 Å². The molecule has 2 aromatic heterocycles. The Morgan fingerprint density at radius 3 is 2.46 bits per heavy atom. The molecule has 0 unspecified atom stereocenters. The molecule has 37 heavy (non-hydrogen) atoms. The van der Waals surface area contributed by atoms with E-state index in [1.165, 1.54) is 34.7 Å². The Hall–Kier alpha value is -3.31. The first-order chi connectivity index (χ1) is 17.4. The SMILES string of the molecule is COc1cc(C(=O)N2[C@@H](c3ncc(C)s3)[C@@H](C(=O)O)C[C@@]2(Cc2cscn2)C(=O)O)ccc1C(C)(C)C. The lowest BCUT2D eigenvalue weighted by Gasteiger charge is -2.37. The van der Waals surface area contributed by atoms with Gasteiger partial charge in [0.1, 0.15) is 16.3 Å². The van der Waals surface area contributed by atoms with Gasteiger partial charge in [0.25, 0.3) is 5.91 Å². The highest BCUT2D eigenvalue weighted by Gasteiger charge is 2.62. The van der Waals surface area contributed by atoms with Crippen LogP contribution >= 0.6 is 22.7 Å². The molecule has 196 valence electrons. The highest BCUT2D eigenvalue weighted by molar-refractivity contribution is 7.11. The average molecular weight is 544 g/mol. The summed E-state index contributed by atoms with van der Waals surface area (Å²) in [5, 5.41) is 22.9. The Balaban J connectivity index is 1.92. The molecule has 1 aliphatic heterocycles. The van der Waals surface area contributed by atoms with Crippen molar-refractivity contribution in [2.45, 2.75) is 57.5 Å². The molecular formula is C26H29N3O6S2. The molecule has 1 amide bonds. The number of ether oxygens (including phenoxy) is 1. The van der Waals surface area contributed by atoms with Crippen molar-refractivity contribution in [3.8, 4) is 5.75 Å². The predicted molar refractivity (Wildman–Crippen MR) is 139 cm³/mol. The van der Waals surface area contributed by atoms with E-state index in [0.29, 0.717) is 16.5 Å². The molecule has 1 aromatic carbocycles. The molecule has 4 rings (SSSR count). The molecule has 0 spiro atoms. The summed E-state index contributed by atoms with van der Waals surface area (Å²) in [4.78, 5) is 50.4. The van der Waals surface area contributed by atoms with Crippen LogP contribution in [0, 0.1) is 12.8 Å². The maximum Gasteiger partial charge on any atom is 0.330 e. The highest BCUT2D eigenvalue weighted by atomic mass is 32.1. The molecule has 1 fully saturated rings. The second-order valence-electron chi connectivity index (χ2n) is 10.2. The maximum atomic E-state index is 14.3. The van der Waals surface area contributed by atoms with Gasteiger partial charge in [0, 0.05) is 28.4 Å². The minimum Gasteiger partial charge on any atom is -0.496 e. The van der Waals surface area contributed by atoms with Gasteiger partial charge in [-0.25, -0.2) is 14.8 Å². The number of rotatable bonds is 7. The monoisotopic (exact) mass is 543 g/mol. The zero-order valence-electron chi connectivity index (χ0n) is 21.2. The number of hydrogen-bond donors (Lipinski definition) is 2. The number of hydrogen-bond acceptors (Lipinski definition) is 8. The Labute approximate surface area is 222 Å². The van der Waals surface area contributed by atoms with E-state index < -0.39 is 35.3 Å². The maximum absolute atomic E-state index is 14.3. The number of aryl methyl sites for hydroxylation is 1. The standard InChI is InChI=1S/C26H29N3O6S2/c1-14-11-27-21(37-14)20-17(23(31)32)10-26(24(33)34,9-16-12-36-13-28-16)29(20)22(30)15-6-7-18(25(2,3)4)19(8-15)35-5/h6-8,11-13,17,20H,9-10H2,1-5H3,(H,31,32)(H,33,34)/t17-,20+,26-/m0/s1. The summed E-state index contributed by atoms with van der Waals surface area (Å²) < 4.78 is 5.58. The lowest BCUT2D eigenvalue weighted by molar-refractivity contribution is -0.149. The van der Waals surface area contributed by atoms with Gasteiger partial charge in [-0.1, -0.05) is 26.8 Å². The molecule has 1 saturated heterocycles. The molecule has 0 saturated carbocycles. The Morgan fingerprint density at radius 1 is 1.22 bits per heavy atom. The summed E-state index contributed by atoms with van der Waals surface area (Å²) in [5.74, 6) is -3.74. The fourth-order valence-corrected chi connectivity index (χ4v) is 6.47. The second-order valence-corrected chi connectivity index (χ2v) is 12.2. The number of carbonyl (C=O) groups excluding carboxylic acids is 1. The number of aromatic nitrogens is 2. The average Bonchev–Trinajstić information content (AvgIpc) is 3.57. The summed E-state index contributed by atoms with van der Waals surface area (Å²) in [6.07, 6.45) is 1.20. The number of amides is 1. The first kappa shape index (κ1) is 26.7. The lowest BCUT2D eigenvalue weighted by atomic mass is 9.85. The third-order valence-corrected chi connectivity index (χ3v) is 8.34. The van der Waals surface area contributed by atoms with Crippen molar-refractivity contribution < 1.29 is 29.3 Å². The van der Waals surface area contributed by atoms with E-state index in [2.05, 4.69) is 9.97 Å². The Bertz CT molecular complexity index is 1330. The van der Waals surface area contributed by atoms with Crippen molar-refractivity contribution in [2.24, 2.45) is 5.92 Å². The fourth-order valence-electron chi connectivity index (χ4n) is 4.99. The van der Waals surface area contributed by atoms with E-state index in [4.69, 9.17) is 4.74 Å². The summed E-state index contributed by atoms with van der Waals surface area (Å²) in [5.41, 5.74) is 1.05. The van der Waals surface area contributed by atoms with E-state index in [-0.39, 0.29) is 23.8 Å². The topological polar surface area (TPSA) is 130 Å². The van der Waals surface area contributed by atoms with Crippen LogP contribution < -0.4 is 4.74 Å². The largest absolute Gasteiger partial charge is 0.496 e. The molecule has 3 atom stereocenters. The van der Waals surface area contributed by atoms with Crippen LogP contribution in [0.2, 0.25) is 0 Å². The normalized spacial score (nSPS) is 21.7. The van der Waals surface area contributed by atoms with Crippen LogP contribution in [0.15, 0.2) is 35.3 Å². The molecule has 3 heterocycles. The van der Waals surface area contributed by atoms with Crippen molar-refractivity contribution in [3.63, 3.8) is 0 Å². The lowest BCUT2D eigenvalue weighted by Crippen LogP contribution is -2.55. The number of carboxylic acid groups (broad SMARTS) is 2. The van der Waals surface area contributed by atoms with Crippen LogP contribution in [0.3, 0.4) is 0 Å². The predicted octanol–water partition coefficient (Wildman–Crippen LogP) is 4.57. The van der Waals surface area contributed by atoms with E-state index in [9.17, 15) is 24.6 Å². The van der Waals surface area contributed by atoms with Gasteiger partial charge in [-0.3, -0.25) is 9.59 Å². The second kappa shape index (κ2) is 9.86. The van der Waals surface area contributed by atoms with Crippen molar-refractivity contribution in [2.75, 3.05) is 7.11 Å². The number of benzene rings is 1. The summed E-state index contributed by atoms with van der Waals surface area (Å²) in [6.45, 7) is 7.89. The summed E-state index contributed by atoms with van der Waals surface area (Å²) >= 11 is 2.56. The summed E-state index contributed by atoms with van der Waals surface area (Å²) in [6, 6.07) is 3.96. The number of carbonyl (C=O) groups is 3. The van der Waals surface area contributed by atoms with Crippen LogP contribution in [0.1, 0.15) is 64.7 Å². The molecule has 0 aliphatic carbocycles. The van der Waals surface area contributed by atoms with Crippen LogP contribution in [0.4, 0.5) is 0 Å². The zero-order valence-corrected chi connectivity index (χ0v) is 22.9. The first-order valence-corrected chi connectivity index (χ1v) is 13.4. The minimum atomic E-state index is -1.84. The van der Waals surface area contributed by atoms with Crippen LogP contribution in [0.5, 0.6) is 5.75 Å². The molecule has 2 N–H and O–H groups in total. The Morgan fingerprint density at radius 2 is 1.95 bits per heavy atom. The number of aliphatic carboxylic acids is 2.